The lowest BCUT2D eigenvalue weighted by atomic mass is 10.3. The van der Waals surface area contributed by atoms with E-state index in [0.29, 0.717) is 12.4 Å². The predicted octanol–water partition coefficient (Wildman–Crippen LogP) is 0.755. The Kier molecular flexibility index (Phi) is 4.49. The average Bonchev–Trinajstić information content (AvgIpc) is 2.65. The van der Waals surface area contributed by atoms with E-state index in [1.807, 2.05) is 43.6 Å². The van der Waals surface area contributed by atoms with Gasteiger partial charge in [0.15, 0.2) is 5.82 Å². The normalized spacial score (nSPS) is 11.1. The highest BCUT2D eigenvalue weighted by Gasteiger charge is 2.13. The summed E-state index contributed by atoms with van der Waals surface area (Å²) in [6, 6.07) is 0.247. The van der Waals surface area contributed by atoms with Crippen molar-refractivity contribution < 1.29 is 4.79 Å². The summed E-state index contributed by atoms with van der Waals surface area (Å²) in [7, 11) is 3.95. The molecule has 0 unspecified atom stereocenters. The van der Waals surface area contributed by atoms with Crippen molar-refractivity contribution >= 4 is 5.91 Å². The Hall–Kier alpha value is -1.36. The van der Waals surface area contributed by atoms with E-state index in [1.165, 1.54) is 0 Å². The van der Waals surface area contributed by atoms with Gasteiger partial charge < -0.3 is 14.8 Å². The van der Waals surface area contributed by atoms with Crippen LogP contribution in [0.4, 0.5) is 0 Å². The van der Waals surface area contributed by atoms with Gasteiger partial charge in [0.05, 0.1) is 0 Å². The SMILES string of the molecule is CC(C)n1ccnc1C(=O)NCCN(C)C. The Labute approximate surface area is 96.5 Å². The van der Waals surface area contributed by atoms with E-state index in [2.05, 4.69) is 10.3 Å². The molecule has 0 aliphatic carbocycles. The van der Waals surface area contributed by atoms with E-state index in [9.17, 15) is 4.79 Å². The first-order valence-corrected chi connectivity index (χ1v) is 5.48. The molecule has 5 nitrogen and oxygen atoms in total. The van der Waals surface area contributed by atoms with Gasteiger partial charge in [-0.2, -0.15) is 0 Å². The second-order valence-electron chi connectivity index (χ2n) is 4.31. The van der Waals surface area contributed by atoms with Crippen LogP contribution in [0.15, 0.2) is 12.4 Å². The van der Waals surface area contributed by atoms with Crippen molar-refractivity contribution in [3.05, 3.63) is 18.2 Å². The van der Waals surface area contributed by atoms with E-state index < -0.39 is 0 Å². The average molecular weight is 224 g/mol. The maximum absolute atomic E-state index is 11.8. The molecule has 5 heteroatoms. The minimum absolute atomic E-state index is 0.111. The molecule has 1 rings (SSSR count). The second kappa shape index (κ2) is 5.65. The molecule has 0 aliphatic heterocycles. The van der Waals surface area contributed by atoms with E-state index in [0.717, 1.165) is 6.54 Å². The van der Waals surface area contributed by atoms with Crippen LogP contribution < -0.4 is 5.32 Å². The number of amides is 1. The highest BCUT2D eigenvalue weighted by molar-refractivity contribution is 5.90. The van der Waals surface area contributed by atoms with Crippen LogP contribution in [0, 0.1) is 0 Å². The van der Waals surface area contributed by atoms with Gasteiger partial charge in [-0.1, -0.05) is 0 Å². The van der Waals surface area contributed by atoms with Gasteiger partial charge in [-0.05, 0) is 27.9 Å². The van der Waals surface area contributed by atoms with Gasteiger partial charge in [-0.15, -0.1) is 0 Å². The van der Waals surface area contributed by atoms with Gasteiger partial charge in [-0.25, -0.2) is 4.98 Å². The number of rotatable bonds is 5. The molecule has 0 bridgehead atoms. The molecule has 0 spiro atoms. The molecule has 0 aromatic carbocycles. The Morgan fingerprint density at radius 3 is 2.81 bits per heavy atom. The lowest BCUT2D eigenvalue weighted by molar-refractivity contribution is 0.0934. The number of likely N-dealkylation sites (N-methyl/N-ethyl adjacent to an activating group) is 1. The van der Waals surface area contributed by atoms with Gasteiger partial charge in [0.1, 0.15) is 0 Å². The molecular weight excluding hydrogens is 204 g/mol. The number of imidazole rings is 1. The summed E-state index contributed by atoms with van der Waals surface area (Å²) < 4.78 is 1.87. The van der Waals surface area contributed by atoms with Crippen LogP contribution in [-0.2, 0) is 0 Å². The smallest absolute Gasteiger partial charge is 0.287 e. The molecular formula is C11H20N4O. The molecule has 0 radical (unpaired) electrons. The molecule has 0 atom stereocenters. The zero-order valence-electron chi connectivity index (χ0n) is 10.4. The van der Waals surface area contributed by atoms with Crippen LogP contribution in [-0.4, -0.2) is 47.5 Å². The second-order valence-corrected chi connectivity index (χ2v) is 4.31. The number of nitrogens with one attached hydrogen (secondary N) is 1. The Morgan fingerprint density at radius 1 is 1.56 bits per heavy atom. The minimum Gasteiger partial charge on any atom is -0.348 e. The van der Waals surface area contributed by atoms with E-state index >= 15 is 0 Å². The third-order valence-corrected chi connectivity index (χ3v) is 2.27. The van der Waals surface area contributed by atoms with Gasteiger partial charge in [0.25, 0.3) is 5.91 Å². The van der Waals surface area contributed by atoms with Crippen LogP contribution in [0.25, 0.3) is 0 Å². The summed E-state index contributed by atoms with van der Waals surface area (Å²) in [5, 5.41) is 2.85. The van der Waals surface area contributed by atoms with Crippen LogP contribution in [0.3, 0.4) is 0 Å². The van der Waals surface area contributed by atoms with Crippen molar-refractivity contribution in [3.63, 3.8) is 0 Å². The zero-order chi connectivity index (χ0) is 12.1. The first kappa shape index (κ1) is 12.7. The number of hydrogen-bond donors (Lipinski definition) is 1. The van der Waals surface area contributed by atoms with Crippen molar-refractivity contribution in [1.29, 1.82) is 0 Å². The summed E-state index contributed by atoms with van der Waals surface area (Å²) in [5.74, 6) is 0.370. The maximum Gasteiger partial charge on any atom is 0.287 e. The third kappa shape index (κ3) is 3.34. The van der Waals surface area contributed by atoms with Gasteiger partial charge >= 0.3 is 0 Å². The number of hydrogen-bond acceptors (Lipinski definition) is 3. The fourth-order valence-electron chi connectivity index (χ4n) is 1.38. The van der Waals surface area contributed by atoms with Crippen LogP contribution >= 0.6 is 0 Å². The van der Waals surface area contributed by atoms with E-state index in [-0.39, 0.29) is 11.9 Å². The topological polar surface area (TPSA) is 50.2 Å². The molecule has 1 heterocycles. The van der Waals surface area contributed by atoms with Gasteiger partial charge in [0, 0.05) is 31.5 Å². The molecule has 90 valence electrons. The minimum atomic E-state index is -0.111. The number of nitrogens with zero attached hydrogens (tertiary/aromatic N) is 3. The Bertz CT molecular complexity index is 344. The zero-order valence-corrected chi connectivity index (χ0v) is 10.4. The quantitative estimate of drug-likeness (QED) is 0.803. The summed E-state index contributed by atoms with van der Waals surface area (Å²) in [4.78, 5) is 17.9. The third-order valence-electron chi connectivity index (χ3n) is 2.27. The van der Waals surface area contributed by atoms with Crippen molar-refractivity contribution in [1.82, 2.24) is 19.8 Å². The molecule has 1 N–H and O–H groups in total. The van der Waals surface area contributed by atoms with Crippen LogP contribution in [0.1, 0.15) is 30.5 Å². The van der Waals surface area contributed by atoms with Crippen LogP contribution in [0.2, 0.25) is 0 Å². The lowest BCUT2D eigenvalue weighted by Crippen LogP contribution is -2.33. The number of carbonyl (C=O) groups excluding carboxylic acids is 1. The van der Waals surface area contributed by atoms with Crippen molar-refractivity contribution in [3.8, 4) is 0 Å². The first-order valence-electron chi connectivity index (χ1n) is 5.48. The maximum atomic E-state index is 11.8. The fourth-order valence-corrected chi connectivity index (χ4v) is 1.38. The highest BCUT2D eigenvalue weighted by Crippen LogP contribution is 2.07. The molecule has 1 amide bonds. The standard InChI is InChI=1S/C11H20N4O/c1-9(2)15-8-6-12-10(15)11(16)13-5-7-14(3)4/h6,8-9H,5,7H2,1-4H3,(H,13,16). The molecule has 1 aromatic heterocycles. The van der Waals surface area contributed by atoms with Crippen molar-refractivity contribution in [2.24, 2.45) is 0 Å². The van der Waals surface area contributed by atoms with Crippen molar-refractivity contribution in [2.75, 3.05) is 27.2 Å². The number of aromatic nitrogens is 2. The number of carbonyl (C=O) groups is 1. The Balaban J connectivity index is 2.56. The molecule has 0 saturated carbocycles. The van der Waals surface area contributed by atoms with Gasteiger partial charge in [-0.3, -0.25) is 4.79 Å². The van der Waals surface area contributed by atoms with Crippen LogP contribution in [0.5, 0.6) is 0 Å². The van der Waals surface area contributed by atoms with E-state index in [4.69, 9.17) is 0 Å². The molecule has 0 fully saturated rings. The summed E-state index contributed by atoms with van der Waals surface area (Å²) in [5.41, 5.74) is 0. The fraction of sp³-hybridized carbons (Fsp3) is 0.636. The van der Waals surface area contributed by atoms with Crippen molar-refractivity contribution in [2.45, 2.75) is 19.9 Å². The molecule has 0 saturated heterocycles. The monoisotopic (exact) mass is 224 g/mol. The Morgan fingerprint density at radius 2 is 2.25 bits per heavy atom. The molecule has 0 aliphatic rings. The summed E-state index contributed by atoms with van der Waals surface area (Å²) in [6.45, 7) is 5.52. The highest BCUT2D eigenvalue weighted by atomic mass is 16.2. The first-order chi connectivity index (χ1) is 7.52. The predicted molar refractivity (Wildman–Crippen MR) is 63.5 cm³/mol. The lowest BCUT2D eigenvalue weighted by Gasteiger charge is -2.13. The largest absolute Gasteiger partial charge is 0.348 e. The summed E-state index contributed by atoms with van der Waals surface area (Å²) in [6.07, 6.45) is 3.48. The summed E-state index contributed by atoms with van der Waals surface area (Å²) >= 11 is 0. The van der Waals surface area contributed by atoms with E-state index in [1.54, 1.807) is 6.20 Å². The van der Waals surface area contributed by atoms with Gasteiger partial charge in [0.2, 0.25) is 0 Å². The molecule has 16 heavy (non-hydrogen) atoms. The molecule has 1 aromatic rings.